The van der Waals surface area contributed by atoms with Crippen LogP contribution in [0.1, 0.15) is 0 Å². The molecule has 0 atom stereocenters. The van der Waals surface area contributed by atoms with Gasteiger partial charge in [0.2, 0.25) is 0 Å². The van der Waals surface area contributed by atoms with Gasteiger partial charge in [-0.3, -0.25) is 0 Å². The van der Waals surface area contributed by atoms with Gasteiger partial charge in [0, 0.05) is 42.4 Å². The van der Waals surface area contributed by atoms with Crippen molar-refractivity contribution in [3.05, 3.63) is 182 Å². The summed E-state index contributed by atoms with van der Waals surface area (Å²) in [5, 5.41) is 14.2. The average molecular weight is 743 g/mol. The highest BCUT2D eigenvalue weighted by molar-refractivity contribution is 7.26. The SMILES string of the molecule is c1ccc(-c2c3ccccc3c(-c3ccc4c(c3)oc3cc(-c5cc6c7ccc8c9ccccc9sc8c7oc6c6ccccc56)ccc34)c3ccccc23)cc1. The van der Waals surface area contributed by atoms with Crippen LogP contribution < -0.4 is 0 Å². The second-order valence-corrected chi connectivity index (χ2v) is 16.1. The van der Waals surface area contributed by atoms with Gasteiger partial charge in [0.05, 0.1) is 4.70 Å². The standard InChI is InChI=1S/C54H30O2S/c1-2-12-31(13-3-1)50-38-16-5-7-18-40(38)51(41-19-8-6-17-39(41)50)33-23-25-36-35-24-22-32(28-47(35)55-48(36)29-33)45-30-46-43-26-27-44-37-15-10-11-21-49(37)57-54(44)53(43)56-52(46)42-20-9-4-14-34(42)45/h1-30H. The van der Waals surface area contributed by atoms with Crippen molar-refractivity contribution in [3.8, 4) is 33.4 Å². The maximum Gasteiger partial charge on any atom is 0.153 e. The van der Waals surface area contributed by atoms with Crippen molar-refractivity contribution in [1.29, 1.82) is 0 Å². The maximum atomic E-state index is 6.83. The van der Waals surface area contributed by atoms with Crippen LogP contribution in [0.3, 0.4) is 0 Å². The fourth-order valence-electron chi connectivity index (χ4n) is 9.53. The third kappa shape index (κ3) is 4.40. The molecule has 0 aliphatic carbocycles. The lowest BCUT2D eigenvalue weighted by molar-refractivity contribution is 0.669. The summed E-state index contributed by atoms with van der Waals surface area (Å²) < 4.78 is 16.1. The molecule has 3 heterocycles. The van der Waals surface area contributed by atoms with Crippen molar-refractivity contribution in [2.75, 3.05) is 0 Å². The average Bonchev–Trinajstić information content (AvgIpc) is 3.96. The topological polar surface area (TPSA) is 26.3 Å². The summed E-state index contributed by atoms with van der Waals surface area (Å²) in [7, 11) is 0. The predicted octanol–water partition coefficient (Wildman–Crippen LogP) is 16.3. The summed E-state index contributed by atoms with van der Waals surface area (Å²) in [4.78, 5) is 0. The minimum absolute atomic E-state index is 0.877. The minimum Gasteiger partial charge on any atom is -0.456 e. The van der Waals surface area contributed by atoms with E-state index < -0.39 is 0 Å². The Morgan fingerprint density at radius 2 is 0.807 bits per heavy atom. The zero-order chi connectivity index (χ0) is 37.2. The van der Waals surface area contributed by atoms with Crippen LogP contribution in [0.25, 0.3) is 130 Å². The van der Waals surface area contributed by atoms with Crippen LogP contribution in [0, 0.1) is 0 Å². The molecule has 0 aliphatic rings. The molecule has 3 aromatic heterocycles. The number of furan rings is 2. The van der Waals surface area contributed by atoms with E-state index in [1.165, 1.54) is 58.4 Å². The van der Waals surface area contributed by atoms with Crippen LogP contribution in [-0.4, -0.2) is 0 Å². The Morgan fingerprint density at radius 3 is 1.51 bits per heavy atom. The number of benzene rings is 10. The molecule has 0 radical (unpaired) electrons. The summed E-state index contributed by atoms with van der Waals surface area (Å²) >= 11 is 1.81. The molecule has 264 valence electrons. The number of hydrogen-bond acceptors (Lipinski definition) is 3. The minimum atomic E-state index is 0.877. The second kappa shape index (κ2) is 11.7. The first-order valence-corrected chi connectivity index (χ1v) is 20.2. The maximum absolute atomic E-state index is 6.83. The molecule has 0 spiro atoms. The molecule has 3 heteroatoms. The van der Waals surface area contributed by atoms with E-state index in [1.54, 1.807) is 0 Å². The molecule has 0 saturated heterocycles. The largest absolute Gasteiger partial charge is 0.456 e. The zero-order valence-electron chi connectivity index (χ0n) is 30.5. The van der Waals surface area contributed by atoms with Gasteiger partial charge in [-0.25, -0.2) is 0 Å². The molecule has 0 amide bonds. The second-order valence-electron chi connectivity index (χ2n) is 15.1. The summed E-state index contributed by atoms with van der Waals surface area (Å²) in [6, 6.07) is 65.9. The van der Waals surface area contributed by atoms with Crippen molar-refractivity contribution < 1.29 is 8.83 Å². The molecular weight excluding hydrogens is 713 g/mol. The zero-order valence-corrected chi connectivity index (χ0v) is 31.4. The normalized spacial score (nSPS) is 12.2. The Morgan fingerprint density at radius 1 is 0.298 bits per heavy atom. The van der Waals surface area contributed by atoms with Crippen molar-refractivity contribution in [1.82, 2.24) is 0 Å². The first-order valence-electron chi connectivity index (χ1n) is 19.4. The summed E-state index contributed by atoms with van der Waals surface area (Å²) in [5.74, 6) is 0. The van der Waals surface area contributed by atoms with Crippen molar-refractivity contribution in [2.24, 2.45) is 0 Å². The highest BCUT2D eigenvalue weighted by Crippen LogP contribution is 2.47. The Bertz CT molecular complexity index is 3750. The summed E-state index contributed by atoms with van der Waals surface area (Å²) in [6.45, 7) is 0. The number of hydrogen-bond donors (Lipinski definition) is 0. The lowest BCUT2D eigenvalue weighted by atomic mass is 9.86. The molecular formula is C54H30O2S. The lowest BCUT2D eigenvalue weighted by Crippen LogP contribution is -1.90. The van der Waals surface area contributed by atoms with Crippen LogP contribution in [0.4, 0.5) is 0 Å². The van der Waals surface area contributed by atoms with Gasteiger partial charge >= 0.3 is 0 Å². The van der Waals surface area contributed by atoms with Crippen LogP contribution in [-0.2, 0) is 0 Å². The van der Waals surface area contributed by atoms with Gasteiger partial charge in [0.1, 0.15) is 16.7 Å². The van der Waals surface area contributed by atoms with Crippen LogP contribution in [0.2, 0.25) is 0 Å². The van der Waals surface area contributed by atoms with Gasteiger partial charge < -0.3 is 8.83 Å². The van der Waals surface area contributed by atoms with E-state index in [0.29, 0.717) is 0 Å². The first kappa shape index (κ1) is 31.1. The van der Waals surface area contributed by atoms with Gasteiger partial charge in [-0.2, -0.15) is 0 Å². The van der Waals surface area contributed by atoms with Crippen LogP contribution >= 0.6 is 11.3 Å². The van der Waals surface area contributed by atoms with Gasteiger partial charge in [-0.15, -0.1) is 11.3 Å². The molecule has 0 N–H and O–H groups in total. The number of thiophene rings is 1. The Labute approximate surface area is 330 Å². The van der Waals surface area contributed by atoms with E-state index in [4.69, 9.17) is 8.83 Å². The number of fused-ring (bicyclic) bond motifs is 14. The van der Waals surface area contributed by atoms with Gasteiger partial charge in [0.15, 0.2) is 5.58 Å². The van der Waals surface area contributed by atoms with E-state index in [9.17, 15) is 0 Å². The highest BCUT2D eigenvalue weighted by atomic mass is 32.1. The molecule has 0 unspecified atom stereocenters. The summed E-state index contributed by atoms with van der Waals surface area (Å²) in [6.07, 6.45) is 0. The Balaban J connectivity index is 0.998. The van der Waals surface area contributed by atoms with Crippen LogP contribution in [0.15, 0.2) is 191 Å². The molecule has 10 aromatic carbocycles. The van der Waals surface area contributed by atoms with E-state index in [2.05, 4.69) is 182 Å². The molecule has 0 saturated carbocycles. The van der Waals surface area contributed by atoms with E-state index >= 15 is 0 Å². The Hall–Kier alpha value is -7.20. The molecule has 57 heavy (non-hydrogen) atoms. The lowest BCUT2D eigenvalue weighted by Gasteiger charge is -2.17. The molecule has 0 bridgehead atoms. The van der Waals surface area contributed by atoms with Crippen molar-refractivity contribution >= 4 is 108 Å². The van der Waals surface area contributed by atoms with Crippen LogP contribution in [0.5, 0.6) is 0 Å². The third-order valence-electron chi connectivity index (χ3n) is 12.1. The molecule has 0 fully saturated rings. The smallest absolute Gasteiger partial charge is 0.153 e. The first-order chi connectivity index (χ1) is 28.3. The van der Waals surface area contributed by atoms with Gasteiger partial charge in [-0.1, -0.05) is 140 Å². The van der Waals surface area contributed by atoms with Gasteiger partial charge in [0.25, 0.3) is 0 Å². The summed E-state index contributed by atoms with van der Waals surface area (Å²) in [5.41, 5.74) is 10.8. The van der Waals surface area contributed by atoms with E-state index in [0.717, 1.165) is 71.3 Å². The predicted molar refractivity (Wildman–Crippen MR) is 243 cm³/mol. The quantitative estimate of drug-likeness (QED) is 0.169. The fraction of sp³-hybridized carbons (Fsp3) is 0. The Kier molecular flexibility index (Phi) is 6.35. The molecule has 2 nitrogen and oxygen atoms in total. The molecule has 13 aromatic rings. The number of rotatable bonds is 3. The molecule has 0 aliphatic heterocycles. The molecule has 13 rings (SSSR count). The van der Waals surface area contributed by atoms with E-state index in [1.807, 2.05) is 11.3 Å². The van der Waals surface area contributed by atoms with Gasteiger partial charge in [-0.05, 0) is 103 Å². The third-order valence-corrected chi connectivity index (χ3v) is 13.2. The monoisotopic (exact) mass is 742 g/mol. The van der Waals surface area contributed by atoms with Crippen molar-refractivity contribution in [3.63, 3.8) is 0 Å². The highest BCUT2D eigenvalue weighted by Gasteiger charge is 2.21. The van der Waals surface area contributed by atoms with Crippen molar-refractivity contribution in [2.45, 2.75) is 0 Å². The fourth-order valence-corrected chi connectivity index (χ4v) is 10.7. The van der Waals surface area contributed by atoms with E-state index in [-0.39, 0.29) is 0 Å².